The minimum absolute atomic E-state index is 0.130. The number of nitrogens with zero attached hydrogens (tertiary/aromatic N) is 1. The van der Waals surface area contributed by atoms with Gasteiger partial charge in [0.15, 0.2) is 11.5 Å². The van der Waals surface area contributed by atoms with E-state index in [0.29, 0.717) is 23.5 Å². The molecule has 0 radical (unpaired) electrons. The summed E-state index contributed by atoms with van der Waals surface area (Å²) in [6, 6.07) is 10.1. The van der Waals surface area contributed by atoms with E-state index in [2.05, 4.69) is 15.3 Å². The molecule has 0 fully saturated rings. The Labute approximate surface area is 186 Å². The fourth-order valence-corrected chi connectivity index (χ4v) is 2.86. The number of alkyl halides is 3. The van der Waals surface area contributed by atoms with Crippen LogP contribution in [-0.4, -0.2) is 36.6 Å². The van der Waals surface area contributed by atoms with Gasteiger partial charge in [-0.15, -0.1) is 0 Å². The number of aromatic nitrogens is 2. The maximum Gasteiger partial charge on any atom is 0.416 e. The summed E-state index contributed by atoms with van der Waals surface area (Å²) in [6.07, 6.45) is -4.11. The van der Waals surface area contributed by atoms with Crippen molar-refractivity contribution in [2.24, 2.45) is 0 Å². The maximum absolute atomic E-state index is 12.6. The molecule has 33 heavy (non-hydrogen) atoms. The lowest BCUT2D eigenvalue weighted by Crippen LogP contribution is -2.28. The van der Waals surface area contributed by atoms with Crippen LogP contribution in [0.2, 0.25) is 0 Å². The number of methoxy groups -OCH3 is 2. The molecule has 1 amide bonds. The molecule has 174 valence electrons. The van der Waals surface area contributed by atoms with Crippen molar-refractivity contribution >= 4 is 5.91 Å². The zero-order valence-corrected chi connectivity index (χ0v) is 17.7. The Hall–Kier alpha value is -4.02. The molecule has 1 heterocycles. The molecular weight excluding hydrogens is 443 g/mol. The Kier molecular flexibility index (Phi) is 7.21. The molecule has 0 saturated heterocycles. The molecule has 1 aromatic heterocycles. The van der Waals surface area contributed by atoms with Crippen LogP contribution in [0.3, 0.4) is 0 Å². The summed E-state index contributed by atoms with van der Waals surface area (Å²) in [6.45, 7) is 0.130. The van der Waals surface area contributed by atoms with Crippen LogP contribution >= 0.6 is 0 Å². The van der Waals surface area contributed by atoms with Gasteiger partial charge < -0.3 is 19.5 Å². The number of H-pyrrole nitrogens is 1. The minimum Gasteiger partial charge on any atom is -0.493 e. The lowest BCUT2D eigenvalue weighted by atomic mass is 10.1. The number of carbonyl (C=O) groups is 1. The zero-order chi connectivity index (χ0) is 24.0. The molecule has 0 aliphatic carbocycles. The number of rotatable bonds is 8. The van der Waals surface area contributed by atoms with Crippen LogP contribution in [0, 0.1) is 0 Å². The molecule has 2 N–H and O–H groups in total. The summed E-state index contributed by atoms with van der Waals surface area (Å²) in [5, 5.41) is 2.58. The van der Waals surface area contributed by atoms with Gasteiger partial charge in [-0.3, -0.25) is 14.6 Å². The number of carbonyl (C=O) groups excluding carboxylic acids is 1. The van der Waals surface area contributed by atoms with Crippen LogP contribution in [0.25, 0.3) is 0 Å². The third kappa shape index (κ3) is 6.25. The summed E-state index contributed by atoms with van der Waals surface area (Å²) in [7, 11) is 2.94. The van der Waals surface area contributed by atoms with Gasteiger partial charge in [-0.05, 0) is 36.2 Å². The van der Waals surface area contributed by atoms with Crippen LogP contribution in [0.5, 0.6) is 23.3 Å². The number of aromatic amines is 1. The van der Waals surface area contributed by atoms with Gasteiger partial charge in [-0.2, -0.15) is 18.2 Å². The van der Waals surface area contributed by atoms with E-state index < -0.39 is 23.2 Å². The lowest BCUT2D eigenvalue weighted by molar-refractivity contribution is -0.137. The molecule has 0 saturated carbocycles. The average molecular weight is 463 g/mol. The zero-order valence-electron chi connectivity index (χ0n) is 17.7. The van der Waals surface area contributed by atoms with E-state index in [-0.39, 0.29) is 24.0 Å². The van der Waals surface area contributed by atoms with Crippen molar-refractivity contribution in [2.45, 2.75) is 12.6 Å². The molecule has 0 spiro atoms. The van der Waals surface area contributed by atoms with Gasteiger partial charge in [0.25, 0.3) is 11.5 Å². The van der Waals surface area contributed by atoms with Crippen molar-refractivity contribution in [1.82, 2.24) is 15.3 Å². The number of benzene rings is 2. The minimum atomic E-state index is -4.41. The lowest BCUT2D eigenvalue weighted by Gasteiger charge is -2.10. The highest BCUT2D eigenvalue weighted by Gasteiger charge is 2.29. The topological polar surface area (TPSA) is 103 Å². The Morgan fingerprint density at radius 2 is 1.73 bits per heavy atom. The van der Waals surface area contributed by atoms with Crippen molar-refractivity contribution in [3.63, 3.8) is 0 Å². The Bertz CT molecular complexity index is 1180. The van der Waals surface area contributed by atoms with Gasteiger partial charge in [-0.25, -0.2) is 0 Å². The van der Waals surface area contributed by atoms with Crippen molar-refractivity contribution in [2.75, 3.05) is 20.8 Å². The first kappa shape index (κ1) is 23.6. The summed E-state index contributed by atoms with van der Waals surface area (Å²) in [4.78, 5) is 30.7. The van der Waals surface area contributed by atoms with Crippen LogP contribution in [-0.2, 0) is 12.6 Å². The average Bonchev–Trinajstić information content (AvgIpc) is 2.78. The molecule has 0 aliphatic heterocycles. The van der Waals surface area contributed by atoms with Gasteiger partial charge in [0.2, 0.25) is 0 Å². The highest BCUT2D eigenvalue weighted by atomic mass is 19.4. The van der Waals surface area contributed by atoms with Crippen LogP contribution in [0.15, 0.2) is 53.3 Å². The molecule has 3 aromatic rings. The molecule has 2 aromatic carbocycles. The van der Waals surface area contributed by atoms with Gasteiger partial charge in [0.05, 0.1) is 19.8 Å². The first-order chi connectivity index (χ1) is 15.7. The smallest absolute Gasteiger partial charge is 0.416 e. The van der Waals surface area contributed by atoms with E-state index >= 15 is 0 Å². The molecule has 0 atom stereocenters. The molecule has 0 aliphatic rings. The van der Waals surface area contributed by atoms with Crippen molar-refractivity contribution in [1.29, 1.82) is 0 Å². The number of amides is 1. The van der Waals surface area contributed by atoms with Gasteiger partial charge in [-0.1, -0.05) is 12.1 Å². The number of nitrogens with one attached hydrogen (secondary N) is 2. The van der Waals surface area contributed by atoms with E-state index in [0.717, 1.165) is 18.2 Å². The highest BCUT2D eigenvalue weighted by molar-refractivity contribution is 5.92. The highest BCUT2D eigenvalue weighted by Crippen LogP contribution is 2.32. The van der Waals surface area contributed by atoms with Crippen molar-refractivity contribution in [3.8, 4) is 23.3 Å². The number of hydrogen-bond acceptors (Lipinski definition) is 6. The fourth-order valence-electron chi connectivity index (χ4n) is 2.86. The van der Waals surface area contributed by atoms with E-state index in [9.17, 15) is 22.8 Å². The first-order valence-electron chi connectivity index (χ1n) is 9.65. The normalized spacial score (nSPS) is 11.1. The van der Waals surface area contributed by atoms with Crippen molar-refractivity contribution in [3.05, 3.63) is 75.7 Å². The first-order valence-corrected chi connectivity index (χ1v) is 9.65. The molecule has 3 rings (SSSR count). The standard InChI is InChI=1S/C22H20F3N3O5/c1-31-17-8-7-15(11-18(17)32-2)33-21-27-16(12-19(29)28-21)20(30)26-10-9-13-3-5-14(6-4-13)22(23,24)25/h3-8,11-12H,9-10H2,1-2H3,(H,26,30)(H,27,28,29). The van der Waals surface area contributed by atoms with Crippen LogP contribution < -0.4 is 25.1 Å². The predicted octanol–water partition coefficient (Wildman–Crippen LogP) is 3.57. The van der Waals surface area contributed by atoms with Crippen LogP contribution in [0.4, 0.5) is 13.2 Å². The van der Waals surface area contributed by atoms with Crippen LogP contribution in [0.1, 0.15) is 21.6 Å². The third-order valence-corrected chi connectivity index (χ3v) is 4.50. The summed E-state index contributed by atoms with van der Waals surface area (Å²) < 4.78 is 53.7. The second-order valence-electron chi connectivity index (χ2n) is 6.76. The monoisotopic (exact) mass is 463 g/mol. The van der Waals surface area contributed by atoms with Crippen molar-refractivity contribution < 1.29 is 32.2 Å². The van der Waals surface area contributed by atoms with E-state index in [4.69, 9.17) is 14.2 Å². The third-order valence-electron chi connectivity index (χ3n) is 4.50. The Balaban J connectivity index is 1.64. The van der Waals surface area contributed by atoms with E-state index in [1.807, 2.05) is 0 Å². The van der Waals surface area contributed by atoms with E-state index in [1.54, 1.807) is 12.1 Å². The second kappa shape index (κ2) is 10.1. The second-order valence-corrected chi connectivity index (χ2v) is 6.76. The molecule has 8 nitrogen and oxygen atoms in total. The molecule has 11 heteroatoms. The largest absolute Gasteiger partial charge is 0.493 e. The fraction of sp³-hybridized carbons (Fsp3) is 0.227. The maximum atomic E-state index is 12.6. The number of halogens is 3. The Morgan fingerprint density at radius 1 is 1.03 bits per heavy atom. The molecule has 0 unspecified atom stereocenters. The molecule has 0 bridgehead atoms. The predicted molar refractivity (Wildman–Crippen MR) is 112 cm³/mol. The number of ether oxygens (including phenoxy) is 3. The van der Waals surface area contributed by atoms with Gasteiger partial charge >= 0.3 is 12.2 Å². The summed E-state index contributed by atoms with van der Waals surface area (Å²) in [5.74, 6) is 0.530. The Morgan fingerprint density at radius 3 is 2.36 bits per heavy atom. The summed E-state index contributed by atoms with van der Waals surface area (Å²) >= 11 is 0. The van der Waals surface area contributed by atoms with Gasteiger partial charge in [0.1, 0.15) is 11.4 Å². The summed E-state index contributed by atoms with van der Waals surface area (Å²) in [5.41, 5.74) is -0.917. The number of hydrogen-bond donors (Lipinski definition) is 2. The SMILES string of the molecule is COc1ccc(Oc2nc(C(=O)NCCc3ccc(C(F)(F)F)cc3)cc(=O)[nH]2)cc1OC. The molecular formula is C22H20F3N3O5. The quantitative estimate of drug-likeness (QED) is 0.530. The van der Waals surface area contributed by atoms with Gasteiger partial charge in [0, 0.05) is 18.7 Å². The van der Waals surface area contributed by atoms with E-state index in [1.165, 1.54) is 32.4 Å².